The number of nitrogens with one attached hydrogen (secondary N) is 1. The summed E-state index contributed by atoms with van der Waals surface area (Å²) in [6.45, 7) is 5.70. The van der Waals surface area contributed by atoms with E-state index in [9.17, 15) is 9.59 Å². The normalized spacial score (nSPS) is 13.6. The first kappa shape index (κ1) is 15.4. The summed E-state index contributed by atoms with van der Waals surface area (Å²) in [5.74, 6) is -0.746. The number of rotatable bonds is 7. The lowest BCUT2D eigenvalue weighted by Gasteiger charge is -2.25. The van der Waals surface area contributed by atoms with Gasteiger partial charge in [0.15, 0.2) is 5.13 Å². The predicted octanol–water partition coefficient (Wildman–Crippen LogP) is 1.31. The number of carbonyl (C=O) groups excluding carboxylic acids is 2. The smallest absolute Gasteiger partial charge is 0.311 e. The van der Waals surface area contributed by atoms with E-state index in [1.165, 1.54) is 11.3 Å². The maximum Gasteiger partial charge on any atom is 0.311 e. The lowest BCUT2D eigenvalue weighted by molar-refractivity contribution is -0.142. The molecule has 1 heterocycles. The summed E-state index contributed by atoms with van der Waals surface area (Å²) < 4.78 is 4.85. The van der Waals surface area contributed by atoms with E-state index >= 15 is 0 Å². The fraction of sp³-hybridized carbons (Fsp3) is 0.583. The van der Waals surface area contributed by atoms with E-state index in [4.69, 9.17) is 10.5 Å². The molecule has 0 saturated carbocycles. The van der Waals surface area contributed by atoms with Gasteiger partial charge in [0.25, 0.3) is 0 Å². The lowest BCUT2D eigenvalue weighted by atomic mass is 9.99. The Kier molecular flexibility index (Phi) is 5.29. The lowest BCUT2D eigenvalue weighted by Crippen LogP contribution is -2.47. The van der Waals surface area contributed by atoms with Gasteiger partial charge in [0.2, 0.25) is 5.91 Å². The van der Waals surface area contributed by atoms with Crippen LogP contribution < -0.4 is 11.1 Å². The number of aromatic nitrogens is 1. The molecule has 0 aliphatic carbocycles. The van der Waals surface area contributed by atoms with E-state index in [1.54, 1.807) is 19.2 Å². The number of carbonyl (C=O) groups is 2. The molecule has 0 aliphatic rings. The van der Waals surface area contributed by atoms with E-state index < -0.39 is 11.4 Å². The van der Waals surface area contributed by atoms with Gasteiger partial charge in [-0.1, -0.05) is 6.92 Å². The van der Waals surface area contributed by atoms with Crippen LogP contribution in [0, 0.1) is 0 Å². The second-order valence-electron chi connectivity index (χ2n) is 4.30. The van der Waals surface area contributed by atoms with Gasteiger partial charge in [-0.2, -0.15) is 0 Å². The van der Waals surface area contributed by atoms with Crippen molar-refractivity contribution in [1.29, 1.82) is 0 Å². The van der Waals surface area contributed by atoms with Gasteiger partial charge in [0, 0.05) is 5.38 Å². The van der Waals surface area contributed by atoms with Crippen LogP contribution in [-0.4, -0.2) is 29.0 Å². The first-order valence-corrected chi connectivity index (χ1v) is 6.97. The number of thiazole rings is 1. The molecule has 1 rings (SSSR count). The Hall–Kier alpha value is -1.63. The summed E-state index contributed by atoms with van der Waals surface area (Å²) in [6, 6.07) is 0. The van der Waals surface area contributed by atoms with Crippen molar-refractivity contribution in [2.24, 2.45) is 5.73 Å². The van der Waals surface area contributed by atoms with Crippen LogP contribution >= 0.6 is 11.3 Å². The van der Waals surface area contributed by atoms with Crippen molar-refractivity contribution in [3.8, 4) is 0 Å². The number of esters is 1. The standard InChI is InChI=1S/C12H19N3O3S/c1-4-12(3,10(13)17)15-11-14-8(7-19-11)6-9(16)18-5-2/h7H,4-6H2,1-3H3,(H2,13,17)(H,14,15). The molecule has 6 nitrogen and oxygen atoms in total. The molecule has 0 spiro atoms. The van der Waals surface area contributed by atoms with E-state index in [0.29, 0.717) is 23.9 Å². The van der Waals surface area contributed by atoms with Crippen LogP contribution in [0.3, 0.4) is 0 Å². The van der Waals surface area contributed by atoms with Gasteiger partial charge in [-0.25, -0.2) is 4.98 Å². The number of hydrogen-bond acceptors (Lipinski definition) is 6. The van der Waals surface area contributed by atoms with Gasteiger partial charge in [0.05, 0.1) is 18.7 Å². The quantitative estimate of drug-likeness (QED) is 0.737. The van der Waals surface area contributed by atoms with Crippen LogP contribution in [0.25, 0.3) is 0 Å². The third kappa shape index (κ3) is 4.20. The molecule has 19 heavy (non-hydrogen) atoms. The molecule has 7 heteroatoms. The highest BCUT2D eigenvalue weighted by molar-refractivity contribution is 7.13. The van der Waals surface area contributed by atoms with Crippen LogP contribution in [0.4, 0.5) is 5.13 Å². The zero-order chi connectivity index (χ0) is 14.5. The van der Waals surface area contributed by atoms with E-state index in [2.05, 4.69) is 10.3 Å². The Morgan fingerprint density at radius 2 is 2.21 bits per heavy atom. The zero-order valence-electron chi connectivity index (χ0n) is 11.4. The first-order chi connectivity index (χ1) is 8.91. The molecule has 0 bridgehead atoms. The average molecular weight is 285 g/mol. The summed E-state index contributed by atoms with van der Waals surface area (Å²) in [7, 11) is 0. The van der Waals surface area contributed by atoms with Crippen LogP contribution in [0.5, 0.6) is 0 Å². The van der Waals surface area contributed by atoms with Crippen LogP contribution in [0.1, 0.15) is 32.9 Å². The van der Waals surface area contributed by atoms with Crippen LogP contribution in [0.2, 0.25) is 0 Å². The fourth-order valence-electron chi connectivity index (χ4n) is 1.37. The van der Waals surface area contributed by atoms with Crippen LogP contribution in [-0.2, 0) is 20.7 Å². The molecule has 3 N–H and O–H groups in total. The fourth-order valence-corrected chi connectivity index (χ4v) is 2.20. The Bertz CT molecular complexity index is 461. The molecule has 0 saturated heterocycles. The van der Waals surface area contributed by atoms with Crippen LogP contribution in [0.15, 0.2) is 5.38 Å². The van der Waals surface area contributed by atoms with Gasteiger partial charge in [0.1, 0.15) is 5.54 Å². The number of ether oxygens (including phenoxy) is 1. The molecular formula is C12H19N3O3S. The molecule has 106 valence electrons. The highest BCUT2D eigenvalue weighted by atomic mass is 32.1. The van der Waals surface area contributed by atoms with Gasteiger partial charge in [-0.3, -0.25) is 9.59 Å². The number of anilines is 1. The highest BCUT2D eigenvalue weighted by Crippen LogP contribution is 2.22. The molecule has 1 atom stereocenters. The third-order valence-corrected chi connectivity index (χ3v) is 3.62. The molecular weight excluding hydrogens is 266 g/mol. The molecule has 0 fully saturated rings. The van der Waals surface area contributed by atoms with Crippen molar-refractivity contribution in [2.75, 3.05) is 11.9 Å². The van der Waals surface area contributed by atoms with Crippen molar-refractivity contribution in [2.45, 2.75) is 39.2 Å². The summed E-state index contributed by atoms with van der Waals surface area (Å²) >= 11 is 1.33. The third-order valence-electron chi connectivity index (χ3n) is 2.82. The van der Waals surface area contributed by atoms with Gasteiger partial charge >= 0.3 is 5.97 Å². The Morgan fingerprint density at radius 1 is 1.53 bits per heavy atom. The molecule has 0 aliphatic heterocycles. The van der Waals surface area contributed by atoms with E-state index in [1.807, 2.05) is 6.92 Å². The number of amides is 1. The summed E-state index contributed by atoms with van der Waals surface area (Å²) in [4.78, 5) is 27.0. The molecule has 1 aromatic heterocycles. The Labute approximate surface area is 116 Å². The highest BCUT2D eigenvalue weighted by Gasteiger charge is 2.29. The number of nitrogens with two attached hydrogens (primary N) is 1. The average Bonchev–Trinajstić information content (AvgIpc) is 2.76. The Balaban J connectivity index is 2.69. The van der Waals surface area contributed by atoms with E-state index in [-0.39, 0.29) is 12.4 Å². The Morgan fingerprint density at radius 3 is 2.74 bits per heavy atom. The maximum absolute atomic E-state index is 11.4. The number of hydrogen-bond donors (Lipinski definition) is 2. The van der Waals surface area contributed by atoms with Crippen molar-refractivity contribution in [3.05, 3.63) is 11.1 Å². The van der Waals surface area contributed by atoms with Crippen molar-refractivity contribution in [3.63, 3.8) is 0 Å². The monoisotopic (exact) mass is 285 g/mol. The number of nitrogens with zero attached hydrogens (tertiary/aromatic N) is 1. The molecule has 1 unspecified atom stereocenters. The minimum atomic E-state index is -0.834. The predicted molar refractivity (Wildman–Crippen MR) is 74.0 cm³/mol. The van der Waals surface area contributed by atoms with Gasteiger partial charge in [-0.05, 0) is 20.3 Å². The summed E-state index contributed by atoms with van der Waals surface area (Å²) in [5.41, 5.74) is 5.14. The van der Waals surface area contributed by atoms with Crippen molar-refractivity contribution in [1.82, 2.24) is 4.98 Å². The molecule has 0 radical (unpaired) electrons. The van der Waals surface area contributed by atoms with Gasteiger partial charge in [-0.15, -0.1) is 11.3 Å². The largest absolute Gasteiger partial charge is 0.466 e. The first-order valence-electron chi connectivity index (χ1n) is 6.09. The topological polar surface area (TPSA) is 94.3 Å². The minimum absolute atomic E-state index is 0.130. The summed E-state index contributed by atoms with van der Waals surface area (Å²) in [5, 5.41) is 5.34. The minimum Gasteiger partial charge on any atom is -0.466 e. The maximum atomic E-state index is 11.4. The molecule has 0 aromatic carbocycles. The second-order valence-corrected chi connectivity index (χ2v) is 5.16. The summed E-state index contributed by atoms with van der Waals surface area (Å²) in [6.07, 6.45) is 0.681. The molecule has 1 aromatic rings. The van der Waals surface area contributed by atoms with Gasteiger partial charge < -0.3 is 15.8 Å². The van der Waals surface area contributed by atoms with E-state index in [0.717, 1.165) is 0 Å². The van der Waals surface area contributed by atoms with Crippen molar-refractivity contribution < 1.29 is 14.3 Å². The van der Waals surface area contributed by atoms with Crippen molar-refractivity contribution >= 4 is 28.3 Å². The number of primary amides is 1. The molecule has 1 amide bonds. The SMILES string of the molecule is CCOC(=O)Cc1csc(NC(C)(CC)C(N)=O)n1. The zero-order valence-corrected chi connectivity index (χ0v) is 12.2. The second kappa shape index (κ2) is 6.51.